The Morgan fingerprint density at radius 2 is 2.36 bits per heavy atom. The molecule has 78 valence electrons. The largest absolute Gasteiger partial charge is 0.376 e. The number of carbonyl (C=O) groups is 1. The second-order valence-electron chi connectivity index (χ2n) is 3.29. The van der Waals surface area contributed by atoms with Crippen molar-refractivity contribution in [2.75, 3.05) is 6.61 Å². The molecule has 0 aliphatic carbocycles. The molecular formula is C11H16O2S. The highest BCUT2D eigenvalue weighted by Crippen LogP contribution is 2.09. The zero-order valence-corrected chi connectivity index (χ0v) is 9.31. The van der Waals surface area contributed by atoms with Crippen LogP contribution in [0.15, 0.2) is 17.5 Å². The fourth-order valence-corrected chi connectivity index (χ4v) is 1.79. The summed E-state index contributed by atoms with van der Waals surface area (Å²) in [5.41, 5.74) is 0. The number of Topliss-reactive ketones (excluding diaryl/α,β-unsaturated/α-hetero) is 1. The first-order valence-electron chi connectivity index (χ1n) is 4.88. The Hall–Kier alpha value is -0.670. The first kappa shape index (κ1) is 11.4. The molecule has 0 saturated carbocycles. The molecule has 0 aromatic carbocycles. The minimum absolute atomic E-state index is 0.267. The van der Waals surface area contributed by atoms with Gasteiger partial charge in [0, 0.05) is 17.9 Å². The highest BCUT2D eigenvalue weighted by atomic mass is 32.1. The summed E-state index contributed by atoms with van der Waals surface area (Å²) in [6.45, 7) is 3.09. The van der Waals surface area contributed by atoms with Crippen molar-refractivity contribution in [3.8, 4) is 0 Å². The van der Waals surface area contributed by atoms with Crippen LogP contribution >= 0.6 is 11.3 Å². The van der Waals surface area contributed by atoms with Crippen molar-refractivity contribution in [1.82, 2.24) is 0 Å². The SMILES string of the molecule is CC(=O)CCCCOCc1cccs1. The van der Waals surface area contributed by atoms with Crippen LogP contribution < -0.4 is 0 Å². The maximum Gasteiger partial charge on any atom is 0.129 e. The molecule has 1 heterocycles. The summed E-state index contributed by atoms with van der Waals surface area (Å²) in [4.78, 5) is 11.9. The molecule has 0 bridgehead atoms. The predicted octanol–water partition coefficient (Wildman–Crippen LogP) is 3.02. The van der Waals surface area contributed by atoms with Crippen LogP contribution in [0.2, 0.25) is 0 Å². The molecule has 1 aromatic heterocycles. The zero-order valence-electron chi connectivity index (χ0n) is 8.49. The Morgan fingerprint density at radius 1 is 1.50 bits per heavy atom. The Labute approximate surface area is 88.9 Å². The minimum Gasteiger partial charge on any atom is -0.376 e. The summed E-state index contributed by atoms with van der Waals surface area (Å²) in [6.07, 6.45) is 2.60. The van der Waals surface area contributed by atoms with Gasteiger partial charge in [0.25, 0.3) is 0 Å². The van der Waals surface area contributed by atoms with E-state index in [0.717, 1.165) is 19.4 Å². The van der Waals surface area contributed by atoms with Gasteiger partial charge in [0.2, 0.25) is 0 Å². The average molecular weight is 212 g/mol. The molecule has 0 saturated heterocycles. The quantitative estimate of drug-likeness (QED) is 0.649. The van der Waals surface area contributed by atoms with E-state index in [1.807, 2.05) is 6.07 Å². The fraction of sp³-hybridized carbons (Fsp3) is 0.545. The molecule has 1 rings (SSSR count). The molecule has 14 heavy (non-hydrogen) atoms. The van der Waals surface area contributed by atoms with E-state index < -0.39 is 0 Å². The molecule has 0 aliphatic rings. The summed E-state index contributed by atoms with van der Waals surface area (Å²) in [6, 6.07) is 4.10. The smallest absolute Gasteiger partial charge is 0.129 e. The molecule has 0 radical (unpaired) electrons. The molecule has 0 spiro atoms. The van der Waals surface area contributed by atoms with Gasteiger partial charge in [-0.15, -0.1) is 11.3 Å². The van der Waals surface area contributed by atoms with E-state index in [1.165, 1.54) is 4.88 Å². The van der Waals surface area contributed by atoms with Crippen LogP contribution in [-0.2, 0) is 16.1 Å². The van der Waals surface area contributed by atoms with Crippen LogP contribution in [-0.4, -0.2) is 12.4 Å². The molecule has 0 amide bonds. The number of rotatable bonds is 7. The van der Waals surface area contributed by atoms with E-state index >= 15 is 0 Å². The standard InChI is InChI=1S/C11H16O2S/c1-10(12)5-2-3-7-13-9-11-6-4-8-14-11/h4,6,8H,2-3,5,7,9H2,1H3. The molecule has 0 atom stereocenters. The maximum absolute atomic E-state index is 10.6. The first-order chi connectivity index (χ1) is 6.79. The van der Waals surface area contributed by atoms with Crippen molar-refractivity contribution in [3.63, 3.8) is 0 Å². The normalized spacial score (nSPS) is 10.4. The van der Waals surface area contributed by atoms with Crippen molar-refractivity contribution in [1.29, 1.82) is 0 Å². The topological polar surface area (TPSA) is 26.3 Å². The first-order valence-corrected chi connectivity index (χ1v) is 5.76. The lowest BCUT2D eigenvalue weighted by Crippen LogP contribution is -1.96. The summed E-state index contributed by atoms with van der Waals surface area (Å²) >= 11 is 1.71. The Bertz CT molecular complexity index is 254. The second-order valence-corrected chi connectivity index (χ2v) is 4.32. The number of hydrogen-bond donors (Lipinski definition) is 0. The third kappa shape index (κ3) is 5.14. The maximum atomic E-state index is 10.6. The Kier molecular flexibility index (Phi) is 5.49. The van der Waals surface area contributed by atoms with Gasteiger partial charge >= 0.3 is 0 Å². The van der Waals surface area contributed by atoms with Gasteiger partial charge in [-0.3, -0.25) is 0 Å². The van der Waals surface area contributed by atoms with Gasteiger partial charge in [-0.2, -0.15) is 0 Å². The molecule has 1 aromatic rings. The van der Waals surface area contributed by atoms with Crippen LogP contribution in [0.3, 0.4) is 0 Å². The third-order valence-electron chi connectivity index (χ3n) is 1.89. The van der Waals surface area contributed by atoms with E-state index in [2.05, 4.69) is 11.4 Å². The molecule has 0 N–H and O–H groups in total. The van der Waals surface area contributed by atoms with Crippen LogP contribution in [0, 0.1) is 0 Å². The summed E-state index contributed by atoms with van der Waals surface area (Å²) in [5, 5.41) is 2.05. The number of hydrogen-bond acceptors (Lipinski definition) is 3. The average Bonchev–Trinajstić information content (AvgIpc) is 2.63. The van der Waals surface area contributed by atoms with Gasteiger partial charge in [0.1, 0.15) is 5.78 Å². The lowest BCUT2D eigenvalue weighted by molar-refractivity contribution is -0.117. The summed E-state index contributed by atoms with van der Waals surface area (Å²) < 4.78 is 5.46. The van der Waals surface area contributed by atoms with Crippen LogP contribution in [0.25, 0.3) is 0 Å². The zero-order chi connectivity index (χ0) is 10.2. The predicted molar refractivity (Wildman–Crippen MR) is 58.5 cm³/mol. The van der Waals surface area contributed by atoms with E-state index in [9.17, 15) is 4.79 Å². The Morgan fingerprint density at radius 3 is 3.00 bits per heavy atom. The van der Waals surface area contributed by atoms with Gasteiger partial charge in [-0.25, -0.2) is 0 Å². The van der Waals surface area contributed by atoms with Crippen molar-refractivity contribution in [3.05, 3.63) is 22.4 Å². The van der Waals surface area contributed by atoms with E-state index in [0.29, 0.717) is 13.0 Å². The van der Waals surface area contributed by atoms with Gasteiger partial charge in [0.15, 0.2) is 0 Å². The summed E-state index contributed by atoms with van der Waals surface area (Å²) in [5.74, 6) is 0.267. The number of ketones is 1. The Balaban J connectivity index is 1.92. The van der Waals surface area contributed by atoms with Gasteiger partial charge in [-0.05, 0) is 31.2 Å². The van der Waals surface area contributed by atoms with E-state index in [4.69, 9.17) is 4.74 Å². The highest BCUT2D eigenvalue weighted by Gasteiger charge is 1.95. The molecule has 2 nitrogen and oxygen atoms in total. The summed E-state index contributed by atoms with van der Waals surface area (Å²) in [7, 11) is 0. The van der Waals surface area contributed by atoms with E-state index in [1.54, 1.807) is 18.3 Å². The number of carbonyl (C=O) groups excluding carboxylic acids is 1. The van der Waals surface area contributed by atoms with Gasteiger partial charge in [-0.1, -0.05) is 6.07 Å². The highest BCUT2D eigenvalue weighted by molar-refractivity contribution is 7.09. The van der Waals surface area contributed by atoms with Crippen molar-refractivity contribution in [2.45, 2.75) is 32.8 Å². The van der Waals surface area contributed by atoms with Crippen LogP contribution in [0.1, 0.15) is 31.1 Å². The van der Waals surface area contributed by atoms with Gasteiger partial charge in [0.05, 0.1) is 6.61 Å². The number of unbranched alkanes of at least 4 members (excludes halogenated alkanes) is 1. The number of ether oxygens (including phenoxy) is 1. The van der Waals surface area contributed by atoms with Crippen LogP contribution in [0.4, 0.5) is 0 Å². The van der Waals surface area contributed by atoms with Gasteiger partial charge < -0.3 is 9.53 Å². The third-order valence-corrected chi connectivity index (χ3v) is 2.74. The van der Waals surface area contributed by atoms with Crippen LogP contribution in [0.5, 0.6) is 0 Å². The molecule has 0 aliphatic heterocycles. The molecule has 3 heteroatoms. The molecule has 0 fully saturated rings. The second kappa shape index (κ2) is 6.74. The fourth-order valence-electron chi connectivity index (χ4n) is 1.15. The van der Waals surface area contributed by atoms with Crippen molar-refractivity contribution < 1.29 is 9.53 Å². The molecular weight excluding hydrogens is 196 g/mol. The van der Waals surface area contributed by atoms with E-state index in [-0.39, 0.29) is 5.78 Å². The molecule has 0 unspecified atom stereocenters. The van der Waals surface area contributed by atoms with Crippen molar-refractivity contribution in [2.24, 2.45) is 0 Å². The lowest BCUT2D eigenvalue weighted by Gasteiger charge is -2.01. The van der Waals surface area contributed by atoms with Crippen molar-refractivity contribution >= 4 is 17.1 Å². The monoisotopic (exact) mass is 212 g/mol. The number of thiophene rings is 1. The minimum atomic E-state index is 0.267. The lowest BCUT2D eigenvalue weighted by atomic mass is 10.2.